The molecule has 0 bridgehead atoms. The lowest BCUT2D eigenvalue weighted by Crippen LogP contribution is -2.20. The summed E-state index contributed by atoms with van der Waals surface area (Å²) in [5.41, 5.74) is 0. The van der Waals surface area contributed by atoms with Crippen LogP contribution in [0.25, 0.3) is 0 Å². The lowest BCUT2D eigenvalue weighted by Gasteiger charge is -2.25. The Morgan fingerprint density at radius 3 is 2.55 bits per heavy atom. The zero-order chi connectivity index (χ0) is 7.52. The van der Waals surface area contributed by atoms with Gasteiger partial charge in [-0.3, -0.25) is 0 Å². The van der Waals surface area contributed by atoms with Gasteiger partial charge in [0.05, 0.1) is 0 Å². The molecule has 0 aliphatic carbocycles. The van der Waals surface area contributed by atoms with E-state index >= 15 is 0 Å². The average molecular weight is 206 g/mol. The molecule has 64 valence electrons. The van der Waals surface area contributed by atoms with E-state index in [9.17, 15) is 0 Å². The van der Waals surface area contributed by atoms with E-state index in [1.165, 1.54) is 37.2 Å². The summed E-state index contributed by atoms with van der Waals surface area (Å²) >= 11 is 2.23. The second kappa shape index (κ2) is 4.33. The predicted molar refractivity (Wildman–Crippen MR) is 58.6 cm³/mol. The summed E-state index contributed by atoms with van der Waals surface area (Å²) in [7, 11) is 4.22. The Morgan fingerprint density at radius 1 is 0.909 bits per heavy atom. The predicted octanol–water partition coefficient (Wildman–Crippen LogP) is 3.43. The van der Waals surface area contributed by atoms with Gasteiger partial charge < -0.3 is 0 Å². The van der Waals surface area contributed by atoms with Gasteiger partial charge in [-0.25, -0.2) is 0 Å². The second-order valence-corrected chi connectivity index (χ2v) is 7.22. The molecule has 2 unspecified atom stereocenters. The van der Waals surface area contributed by atoms with E-state index in [0.717, 1.165) is 10.5 Å². The van der Waals surface area contributed by atoms with Gasteiger partial charge in [0, 0.05) is 16.3 Å². The highest BCUT2D eigenvalue weighted by atomic mass is 33.1. The van der Waals surface area contributed by atoms with Crippen LogP contribution >= 0.6 is 33.3 Å². The molecule has 2 heterocycles. The summed E-state index contributed by atoms with van der Waals surface area (Å²) in [5, 5.41) is 1.99. The Hall–Kier alpha value is 1.05. The Bertz CT molecular complexity index is 115. The Morgan fingerprint density at radius 2 is 1.91 bits per heavy atom. The van der Waals surface area contributed by atoms with Gasteiger partial charge in [0.2, 0.25) is 0 Å². The molecule has 0 N–H and O–H groups in total. The molecular formula is C8H14S3. The molecule has 2 atom stereocenters. The summed E-state index contributed by atoms with van der Waals surface area (Å²) in [6.45, 7) is 0. The molecular weight excluding hydrogens is 192 g/mol. The minimum Gasteiger partial charge on any atom is -0.157 e. The first-order valence-corrected chi connectivity index (χ1v) is 7.80. The Kier molecular flexibility index (Phi) is 3.40. The van der Waals surface area contributed by atoms with Crippen molar-refractivity contribution in [2.75, 3.05) is 11.5 Å². The maximum Gasteiger partial charge on any atom is 0.0278 e. The van der Waals surface area contributed by atoms with Gasteiger partial charge in [-0.2, -0.15) is 11.8 Å². The summed E-state index contributed by atoms with van der Waals surface area (Å²) in [5.74, 6) is 2.82. The third-order valence-corrected chi connectivity index (χ3v) is 7.00. The minimum atomic E-state index is 0.991. The zero-order valence-corrected chi connectivity index (χ0v) is 9.07. The van der Waals surface area contributed by atoms with Crippen LogP contribution in [0, 0.1) is 0 Å². The molecule has 0 nitrogen and oxygen atoms in total. The van der Waals surface area contributed by atoms with Gasteiger partial charge >= 0.3 is 0 Å². The third-order valence-electron chi connectivity index (χ3n) is 2.31. The van der Waals surface area contributed by atoms with Crippen molar-refractivity contribution in [3.8, 4) is 0 Å². The summed E-state index contributed by atoms with van der Waals surface area (Å²) in [6, 6.07) is 0. The highest BCUT2D eigenvalue weighted by molar-refractivity contribution is 8.77. The molecule has 0 saturated carbocycles. The maximum atomic E-state index is 2.23. The van der Waals surface area contributed by atoms with Crippen LogP contribution < -0.4 is 0 Å². The third kappa shape index (κ3) is 2.25. The van der Waals surface area contributed by atoms with Crippen molar-refractivity contribution >= 4 is 33.3 Å². The van der Waals surface area contributed by atoms with Crippen LogP contribution in [0.4, 0.5) is 0 Å². The zero-order valence-electron chi connectivity index (χ0n) is 6.62. The molecule has 3 heteroatoms. The van der Waals surface area contributed by atoms with Crippen molar-refractivity contribution in [3.05, 3.63) is 0 Å². The molecule has 2 aliphatic heterocycles. The molecule has 2 saturated heterocycles. The van der Waals surface area contributed by atoms with Crippen LogP contribution in [0.2, 0.25) is 0 Å². The van der Waals surface area contributed by atoms with E-state index in [4.69, 9.17) is 0 Å². The molecule has 0 amide bonds. The van der Waals surface area contributed by atoms with Crippen LogP contribution in [0.1, 0.15) is 25.7 Å². The fourth-order valence-corrected chi connectivity index (χ4v) is 6.66. The Balaban J connectivity index is 1.82. The van der Waals surface area contributed by atoms with Crippen LogP contribution in [0.5, 0.6) is 0 Å². The van der Waals surface area contributed by atoms with Crippen molar-refractivity contribution in [1.82, 2.24) is 0 Å². The van der Waals surface area contributed by atoms with Gasteiger partial charge in [0.15, 0.2) is 0 Å². The second-order valence-electron chi connectivity index (χ2n) is 3.15. The minimum absolute atomic E-state index is 0.991. The molecule has 2 rings (SSSR count). The van der Waals surface area contributed by atoms with E-state index in [1.807, 2.05) is 0 Å². The summed E-state index contributed by atoms with van der Waals surface area (Å²) in [4.78, 5) is 0. The highest BCUT2D eigenvalue weighted by Crippen LogP contribution is 2.45. The van der Waals surface area contributed by atoms with E-state index in [2.05, 4.69) is 33.3 Å². The molecule has 0 radical (unpaired) electrons. The molecule has 0 aromatic rings. The molecule has 2 fully saturated rings. The molecule has 11 heavy (non-hydrogen) atoms. The monoisotopic (exact) mass is 206 g/mol. The van der Waals surface area contributed by atoms with Crippen LogP contribution in [-0.4, -0.2) is 22.0 Å². The molecule has 0 aromatic carbocycles. The smallest absolute Gasteiger partial charge is 0.0278 e. The van der Waals surface area contributed by atoms with Gasteiger partial charge in [-0.05, 0) is 25.0 Å². The Labute approximate surface area is 81.1 Å². The number of hydrogen-bond acceptors (Lipinski definition) is 3. The van der Waals surface area contributed by atoms with E-state index in [0.29, 0.717) is 0 Å². The van der Waals surface area contributed by atoms with Crippen LogP contribution in [-0.2, 0) is 0 Å². The standard InChI is InChI=1S/C8H14S3/c1-2-5-9-7(3-1)8-4-6-10-11-8/h7-8H,1-6H2. The van der Waals surface area contributed by atoms with Crippen molar-refractivity contribution in [3.63, 3.8) is 0 Å². The van der Waals surface area contributed by atoms with E-state index in [-0.39, 0.29) is 0 Å². The quantitative estimate of drug-likeness (QED) is 0.603. The molecule has 0 aromatic heterocycles. The normalized spacial score (nSPS) is 39.3. The number of hydrogen-bond donors (Lipinski definition) is 0. The lowest BCUT2D eigenvalue weighted by atomic mass is 10.1. The van der Waals surface area contributed by atoms with E-state index in [1.54, 1.807) is 0 Å². The van der Waals surface area contributed by atoms with Crippen molar-refractivity contribution in [2.45, 2.75) is 36.2 Å². The SMILES string of the molecule is C1CCC(C2CCSS2)SC1. The average Bonchev–Trinajstić information content (AvgIpc) is 2.58. The van der Waals surface area contributed by atoms with Crippen LogP contribution in [0.15, 0.2) is 0 Å². The van der Waals surface area contributed by atoms with Gasteiger partial charge in [0.25, 0.3) is 0 Å². The van der Waals surface area contributed by atoms with Gasteiger partial charge in [-0.1, -0.05) is 28.0 Å². The maximum absolute atomic E-state index is 2.23. The van der Waals surface area contributed by atoms with Crippen molar-refractivity contribution in [1.29, 1.82) is 0 Å². The van der Waals surface area contributed by atoms with Crippen molar-refractivity contribution in [2.24, 2.45) is 0 Å². The summed E-state index contributed by atoms with van der Waals surface area (Å²) in [6.07, 6.45) is 5.90. The highest BCUT2D eigenvalue weighted by Gasteiger charge is 2.27. The number of thioether (sulfide) groups is 1. The first-order chi connectivity index (χ1) is 5.47. The molecule has 2 aliphatic rings. The number of rotatable bonds is 1. The lowest BCUT2D eigenvalue weighted by molar-refractivity contribution is 0.638. The topological polar surface area (TPSA) is 0 Å². The first kappa shape index (κ1) is 8.64. The molecule has 0 spiro atoms. The van der Waals surface area contributed by atoms with Gasteiger partial charge in [-0.15, -0.1) is 0 Å². The van der Waals surface area contributed by atoms with Crippen LogP contribution in [0.3, 0.4) is 0 Å². The fourth-order valence-electron chi connectivity index (χ4n) is 1.65. The van der Waals surface area contributed by atoms with Crippen molar-refractivity contribution < 1.29 is 0 Å². The largest absolute Gasteiger partial charge is 0.157 e. The summed E-state index contributed by atoms with van der Waals surface area (Å²) < 4.78 is 0. The van der Waals surface area contributed by atoms with Gasteiger partial charge in [0.1, 0.15) is 0 Å². The first-order valence-electron chi connectivity index (χ1n) is 4.37. The van der Waals surface area contributed by atoms with E-state index < -0.39 is 0 Å². The fraction of sp³-hybridized carbons (Fsp3) is 1.00.